The largest absolute Gasteiger partial charge is 0.496 e. The van der Waals surface area contributed by atoms with Crippen LogP contribution in [0.15, 0.2) is 63.8 Å². The summed E-state index contributed by atoms with van der Waals surface area (Å²) in [4.78, 5) is 25.7. The van der Waals surface area contributed by atoms with Crippen molar-refractivity contribution in [3.63, 3.8) is 0 Å². The molecule has 0 amide bonds. The summed E-state index contributed by atoms with van der Waals surface area (Å²) in [7, 11) is 1.38. The number of rotatable bonds is 8. The fraction of sp³-hybridized carbons (Fsp3) is 0.357. The number of hydrogen-bond acceptors (Lipinski definition) is 10. The Labute approximate surface area is 218 Å². The Morgan fingerprint density at radius 3 is 2.53 bits per heavy atom. The van der Waals surface area contributed by atoms with Gasteiger partial charge < -0.3 is 39.1 Å². The Morgan fingerprint density at radius 1 is 1.13 bits per heavy atom. The molecule has 2 heterocycles. The summed E-state index contributed by atoms with van der Waals surface area (Å²) in [6.07, 6.45) is -5.29. The van der Waals surface area contributed by atoms with Gasteiger partial charge in [-0.05, 0) is 30.7 Å². The van der Waals surface area contributed by atoms with E-state index in [1.165, 1.54) is 37.5 Å². The van der Waals surface area contributed by atoms with Crippen LogP contribution in [0.4, 0.5) is 0 Å². The van der Waals surface area contributed by atoms with Crippen molar-refractivity contribution >= 4 is 23.0 Å². The van der Waals surface area contributed by atoms with Crippen LogP contribution in [0.25, 0.3) is 17.0 Å². The Hall–Kier alpha value is -3.54. The molecule has 0 saturated carbocycles. The lowest BCUT2D eigenvalue weighted by Gasteiger charge is -2.42. The monoisotopic (exact) mass is 526 g/mol. The lowest BCUT2D eigenvalue weighted by Crippen LogP contribution is -2.56. The number of methoxy groups -OCH3 is 1. The van der Waals surface area contributed by atoms with Gasteiger partial charge in [-0.15, -0.1) is 0 Å². The second-order valence-corrected chi connectivity index (χ2v) is 9.09. The summed E-state index contributed by atoms with van der Waals surface area (Å²) >= 11 is 0. The highest BCUT2D eigenvalue weighted by atomic mass is 16.6. The molecule has 3 aromatic rings. The molecule has 1 aliphatic heterocycles. The fourth-order valence-electron chi connectivity index (χ4n) is 4.47. The molecule has 4 N–H and O–H groups in total. The van der Waals surface area contributed by atoms with Crippen molar-refractivity contribution in [2.75, 3.05) is 13.7 Å². The minimum atomic E-state index is -1.66. The van der Waals surface area contributed by atoms with Crippen molar-refractivity contribution in [2.45, 2.75) is 50.0 Å². The number of ether oxygens (including phenoxy) is 3. The summed E-state index contributed by atoms with van der Waals surface area (Å²) in [6, 6.07) is 13.3. The third-order valence-corrected chi connectivity index (χ3v) is 6.28. The zero-order valence-electron chi connectivity index (χ0n) is 20.9. The molecule has 10 nitrogen and oxygen atoms in total. The minimum absolute atomic E-state index is 0.0404. The molecule has 0 bridgehead atoms. The topological polar surface area (TPSA) is 156 Å². The van der Waals surface area contributed by atoms with Gasteiger partial charge in [0.1, 0.15) is 41.5 Å². The maximum atomic E-state index is 12.9. The molecule has 6 atom stereocenters. The van der Waals surface area contributed by atoms with Gasteiger partial charge in [0.05, 0.1) is 30.8 Å². The average molecular weight is 527 g/mol. The predicted molar refractivity (Wildman–Crippen MR) is 136 cm³/mol. The minimum Gasteiger partial charge on any atom is -0.496 e. The molecular weight excluding hydrogens is 496 g/mol. The van der Waals surface area contributed by atoms with Gasteiger partial charge >= 0.3 is 5.97 Å². The van der Waals surface area contributed by atoms with Crippen LogP contribution < -0.4 is 10.2 Å². The van der Waals surface area contributed by atoms with Crippen LogP contribution in [-0.2, 0) is 20.7 Å². The number of benzene rings is 2. The van der Waals surface area contributed by atoms with Gasteiger partial charge in [0.15, 0.2) is 11.5 Å². The van der Waals surface area contributed by atoms with Crippen molar-refractivity contribution < 1.29 is 43.8 Å². The van der Waals surface area contributed by atoms with Crippen molar-refractivity contribution in [3.05, 3.63) is 81.7 Å². The average Bonchev–Trinajstić information content (AvgIpc) is 2.90. The van der Waals surface area contributed by atoms with Gasteiger partial charge in [0.25, 0.3) is 0 Å². The predicted octanol–water partition coefficient (Wildman–Crippen LogP) is 1.50. The van der Waals surface area contributed by atoms with E-state index in [0.717, 1.165) is 5.56 Å². The highest BCUT2D eigenvalue weighted by molar-refractivity contribution is 5.87. The van der Waals surface area contributed by atoms with E-state index in [1.807, 2.05) is 6.07 Å². The molecule has 202 valence electrons. The summed E-state index contributed by atoms with van der Waals surface area (Å²) in [6.45, 7) is 0.899. The zero-order chi connectivity index (χ0) is 27.4. The third kappa shape index (κ3) is 5.79. The molecule has 4 rings (SSSR count). The standard InChI is InChI=1S/C28H30O10/c1-15(30)12-17-13-19(31)18-9-10-20(35-2)23(26(18)36-17)27-28(25(34)24(33)21(14-29)37-27)38-22(32)11-8-16-6-4-3-5-7-16/h3-11,13,15,21,24-25,27-30,33-34H,12,14H2,1-2H3/b11-8+/t15-,21-,24-,25+,27+,28-/m1/s1. The number of esters is 1. The van der Waals surface area contributed by atoms with Crippen LogP contribution in [0.3, 0.4) is 0 Å². The van der Waals surface area contributed by atoms with Crippen molar-refractivity contribution in [1.82, 2.24) is 0 Å². The van der Waals surface area contributed by atoms with Gasteiger partial charge in [-0.3, -0.25) is 4.79 Å². The molecule has 38 heavy (non-hydrogen) atoms. The molecule has 2 aromatic carbocycles. The molecule has 1 aliphatic rings. The molecule has 1 fully saturated rings. The number of hydrogen-bond donors (Lipinski definition) is 4. The number of aliphatic hydroxyl groups is 4. The first-order chi connectivity index (χ1) is 18.2. The number of carbonyl (C=O) groups excluding carboxylic acids is 1. The highest BCUT2D eigenvalue weighted by Crippen LogP contribution is 2.42. The summed E-state index contributed by atoms with van der Waals surface area (Å²) in [5.74, 6) is -0.431. The number of aliphatic hydroxyl groups excluding tert-OH is 4. The van der Waals surface area contributed by atoms with E-state index in [9.17, 15) is 30.0 Å². The first-order valence-corrected chi connectivity index (χ1v) is 12.1. The van der Waals surface area contributed by atoms with E-state index in [1.54, 1.807) is 31.2 Å². The van der Waals surface area contributed by atoms with E-state index >= 15 is 0 Å². The third-order valence-electron chi connectivity index (χ3n) is 6.28. The first kappa shape index (κ1) is 27.5. The Bertz CT molecular complexity index is 1350. The normalized spacial score (nSPS) is 24.4. The summed E-state index contributed by atoms with van der Waals surface area (Å²) in [5.41, 5.74) is 0.535. The quantitative estimate of drug-likeness (QED) is 0.251. The van der Waals surface area contributed by atoms with E-state index in [2.05, 4.69) is 0 Å². The van der Waals surface area contributed by atoms with Crippen LogP contribution in [-0.4, -0.2) is 70.6 Å². The highest BCUT2D eigenvalue weighted by Gasteiger charge is 2.48. The second-order valence-electron chi connectivity index (χ2n) is 9.09. The summed E-state index contributed by atoms with van der Waals surface area (Å²) in [5, 5.41) is 41.3. The van der Waals surface area contributed by atoms with Crippen LogP contribution in [0.2, 0.25) is 0 Å². The van der Waals surface area contributed by atoms with Crippen molar-refractivity contribution in [2.24, 2.45) is 0 Å². The SMILES string of the molecule is COc1ccc2c(=O)cc(C[C@@H](C)O)oc2c1[C@@H]1O[C@H](CO)[C@@H](O)[C@H](O)[C@H]1OC(=O)/C=C/c1ccccc1. The Balaban J connectivity index is 1.81. The van der Waals surface area contributed by atoms with Gasteiger partial charge in [-0.2, -0.15) is 0 Å². The first-order valence-electron chi connectivity index (χ1n) is 12.1. The van der Waals surface area contributed by atoms with Crippen LogP contribution in [0.5, 0.6) is 5.75 Å². The summed E-state index contributed by atoms with van der Waals surface area (Å²) < 4.78 is 23.0. The van der Waals surface area contributed by atoms with Crippen LogP contribution in [0.1, 0.15) is 29.9 Å². The zero-order valence-corrected chi connectivity index (χ0v) is 20.9. The molecule has 1 saturated heterocycles. The molecule has 0 spiro atoms. The number of carbonyl (C=O) groups is 1. The lowest BCUT2D eigenvalue weighted by molar-refractivity contribution is -0.239. The van der Waals surface area contributed by atoms with Crippen molar-refractivity contribution in [3.8, 4) is 5.75 Å². The number of fused-ring (bicyclic) bond motifs is 1. The molecule has 1 aromatic heterocycles. The van der Waals surface area contributed by atoms with Crippen molar-refractivity contribution in [1.29, 1.82) is 0 Å². The van der Waals surface area contributed by atoms with Gasteiger partial charge in [-0.1, -0.05) is 30.3 Å². The maximum absolute atomic E-state index is 12.9. The lowest BCUT2D eigenvalue weighted by atomic mass is 9.89. The Morgan fingerprint density at radius 2 is 1.87 bits per heavy atom. The molecule has 0 radical (unpaired) electrons. The van der Waals surface area contributed by atoms with E-state index < -0.39 is 49.2 Å². The van der Waals surface area contributed by atoms with Crippen LogP contribution in [0, 0.1) is 0 Å². The molecular formula is C28H30O10. The fourth-order valence-corrected chi connectivity index (χ4v) is 4.47. The van der Waals surface area contributed by atoms with E-state index in [4.69, 9.17) is 18.6 Å². The van der Waals surface area contributed by atoms with Crippen LogP contribution >= 0.6 is 0 Å². The maximum Gasteiger partial charge on any atom is 0.331 e. The molecule has 10 heteroatoms. The smallest absolute Gasteiger partial charge is 0.331 e. The molecule has 0 unspecified atom stereocenters. The van der Waals surface area contributed by atoms with Gasteiger partial charge in [-0.25, -0.2) is 4.79 Å². The molecule has 0 aliphatic carbocycles. The van der Waals surface area contributed by atoms with E-state index in [0.29, 0.717) is 0 Å². The van der Waals surface area contributed by atoms with E-state index in [-0.39, 0.29) is 39.9 Å². The van der Waals surface area contributed by atoms with Gasteiger partial charge in [0.2, 0.25) is 0 Å². The second kappa shape index (κ2) is 11.9. The Kier molecular flexibility index (Phi) is 8.60. The van der Waals surface area contributed by atoms with Gasteiger partial charge in [0, 0.05) is 18.6 Å².